The molecule has 0 saturated carbocycles. The maximum Gasteiger partial charge on any atom is 0.330 e. The second-order valence-corrected chi connectivity index (χ2v) is 15.2. The largest absolute Gasteiger partial charge is 0.508 e. The van der Waals surface area contributed by atoms with E-state index in [1.807, 2.05) is 0 Å². The molecule has 3 aromatic carbocycles. The van der Waals surface area contributed by atoms with Gasteiger partial charge in [0, 0.05) is 23.8 Å². The van der Waals surface area contributed by atoms with Crippen molar-refractivity contribution in [3.05, 3.63) is 82.5 Å². The summed E-state index contributed by atoms with van der Waals surface area (Å²) in [6.45, 7) is -2.20. The summed E-state index contributed by atoms with van der Waals surface area (Å²) in [5.74, 6) is -3.24. The molecule has 3 aliphatic rings. The van der Waals surface area contributed by atoms with Gasteiger partial charge in [0.2, 0.25) is 30.0 Å². The predicted molar refractivity (Wildman–Crippen MR) is 214 cm³/mol. The topological polar surface area (TPSA) is 375 Å². The molecule has 0 radical (unpaired) electrons. The molecular formula is C42H46O23. The van der Waals surface area contributed by atoms with Gasteiger partial charge in [0.1, 0.15) is 114 Å². The Bertz CT molecular complexity index is 2350. The number of aromatic hydroxyl groups is 2. The van der Waals surface area contributed by atoms with Crippen LogP contribution in [-0.2, 0) is 23.7 Å². The zero-order valence-electron chi connectivity index (χ0n) is 33.6. The lowest BCUT2D eigenvalue weighted by molar-refractivity contribution is -0.278. The van der Waals surface area contributed by atoms with Gasteiger partial charge >= 0.3 is 5.97 Å². The first-order chi connectivity index (χ1) is 31.0. The van der Waals surface area contributed by atoms with Crippen LogP contribution in [0.2, 0.25) is 0 Å². The van der Waals surface area contributed by atoms with Gasteiger partial charge in [-0.1, -0.05) is 12.1 Å². The Hall–Kier alpha value is -5.48. The summed E-state index contributed by atoms with van der Waals surface area (Å²) in [6.07, 6.45) is -23.6. The number of rotatable bonds is 13. The first-order valence-electron chi connectivity index (χ1n) is 19.9. The molecule has 3 aliphatic heterocycles. The Morgan fingerprint density at radius 2 is 1.11 bits per heavy atom. The highest BCUT2D eigenvalue weighted by atomic mass is 16.7. The van der Waals surface area contributed by atoms with E-state index in [9.17, 15) is 76.0 Å². The van der Waals surface area contributed by atoms with Gasteiger partial charge < -0.3 is 104 Å². The van der Waals surface area contributed by atoms with E-state index in [-0.39, 0.29) is 22.8 Å². The van der Waals surface area contributed by atoms with E-state index in [0.29, 0.717) is 5.56 Å². The highest BCUT2D eigenvalue weighted by Crippen LogP contribution is 2.39. The van der Waals surface area contributed by atoms with Crippen molar-refractivity contribution in [3.63, 3.8) is 0 Å². The molecule has 23 heteroatoms. The summed E-state index contributed by atoms with van der Waals surface area (Å²) in [5.41, 5.74) is -0.968. The molecule has 0 bridgehead atoms. The van der Waals surface area contributed by atoms with Crippen molar-refractivity contribution in [2.45, 2.75) is 92.1 Å². The van der Waals surface area contributed by atoms with Crippen molar-refractivity contribution < 1.29 is 109 Å². The molecule has 4 heterocycles. The molecule has 0 amide bonds. The molecule has 8 unspecified atom stereocenters. The summed E-state index contributed by atoms with van der Waals surface area (Å²) >= 11 is 0. The van der Waals surface area contributed by atoms with Crippen molar-refractivity contribution in [1.82, 2.24) is 0 Å². The van der Waals surface area contributed by atoms with Crippen LogP contribution in [0.5, 0.6) is 28.7 Å². The summed E-state index contributed by atoms with van der Waals surface area (Å²) in [5, 5.41) is 134. The third kappa shape index (κ3) is 10.0. The Labute approximate surface area is 365 Å². The van der Waals surface area contributed by atoms with E-state index in [4.69, 9.17) is 37.6 Å². The zero-order valence-corrected chi connectivity index (χ0v) is 33.6. The number of aliphatic hydroxyl groups is 11. The number of phenolic OH excluding ortho intramolecular Hbond substituents is 2. The maximum atomic E-state index is 14.4. The second-order valence-electron chi connectivity index (χ2n) is 15.2. The number of phenols is 2. The van der Waals surface area contributed by atoms with E-state index >= 15 is 0 Å². The molecule has 7 rings (SSSR count). The van der Waals surface area contributed by atoms with Crippen molar-refractivity contribution >= 4 is 23.0 Å². The van der Waals surface area contributed by atoms with Crippen LogP contribution in [0.15, 0.2) is 76.0 Å². The van der Waals surface area contributed by atoms with Gasteiger partial charge in [-0.3, -0.25) is 4.79 Å². The zero-order chi connectivity index (χ0) is 46.9. The molecular weight excluding hydrogens is 872 g/mol. The summed E-state index contributed by atoms with van der Waals surface area (Å²) in [4.78, 5) is 26.9. The fraction of sp³-hybridized carbons (Fsp3) is 0.429. The molecule has 3 fully saturated rings. The van der Waals surface area contributed by atoms with E-state index in [1.54, 1.807) is 0 Å². The Morgan fingerprint density at radius 1 is 0.600 bits per heavy atom. The van der Waals surface area contributed by atoms with Gasteiger partial charge in [-0.15, -0.1) is 0 Å². The van der Waals surface area contributed by atoms with Crippen molar-refractivity contribution in [3.8, 4) is 40.1 Å². The monoisotopic (exact) mass is 918 g/mol. The van der Waals surface area contributed by atoms with Crippen LogP contribution >= 0.6 is 0 Å². The minimum atomic E-state index is -2.06. The molecule has 23 nitrogen and oxygen atoms in total. The van der Waals surface area contributed by atoms with Crippen molar-refractivity contribution in [1.29, 1.82) is 0 Å². The van der Waals surface area contributed by atoms with Crippen molar-refractivity contribution in [2.75, 3.05) is 19.8 Å². The van der Waals surface area contributed by atoms with Gasteiger partial charge in [-0.05, 0) is 48.0 Å². The summed E-state index contributed by atoms with van der Waals surface area (Å²) in [6, 6.07) is 13.0. The predicted octanol–water partition coefficient (Wildman–Crippen LogP) is -3.33. The lowest BCUT2D eigenvalue weighted by atomic mass is 9.99. The number of aliphatic hydroxyl groups excluding tert-OH is 11. The van der Waals surface area contributed by atoms with Crippen LogP contribution in [0.4, 0.5) is 0 Å². The molecule has 352 valence electrons. The van der Waals surface area contributed by atoms with Gasteiger partial charge in [0.15, 0.2) is 5.76 Å². The van der Waals surface area contributed by atoms with E-state index in [2.05, 4.69) is 0 Å². The standard InChI is InChI=1S/C42H46O23/c43-13-23-28(48)32(52)35(55)40(62-23)59-19-8-4-17(5-9-19)38-39(31(51)27-21(46)11-20(12-22(27)61-38)60-41-36(56)33(53)29(49)24(14-44)63-41)65-42-37(57)34(54)30(50)25(64-42)15-58-26(47)10-3-16-1-6-18(45)7-2-16/h1-12,23-25,28-30,32-37,40-46,48-50,52-57H,13-15H2/b10-3+/t23?,24?,25?,28-,29-,30-,32?,33?,34?,35?,36+,37?,40-,41-,42+/m1/s1. The van der Waals surface area contributed by atoms with Crippen LogP contribution in [0.25, 0.3) is 28.4 Å². The lowest BCUT2D eigenvalue weighted by Gasteiger charge is -2.39. The molecule has 65 heavy (non-hydrogen) atoms. The molecule has 3 saturated heterocycles. The second kappa shape index (κ2) is 19.9. The minimum Gasteiger partial charge on any atom is -0.508 e. The number of ether oxygens (including phenoxy) is 7. The summed E-state index contributed by atoms with van der Waals surface area (Å²) in [7, 11) is 0. The minimum absolute atomic E-state index is 0.00238. The number of carbonyl (C=O) groups is 1. The van der Waals surface area contributed by atoms with Gasteiger partial charge in [-0.25, -0.2) is 4.79 Å². The number of hydrogen-bond acceptors (Lipinski definition) is 23. The van der Waals surface area contributed by atoms with Crippen molar-refractivity contribution in [2.24, 2.45) is 0 Å². The van der Waals surface area contributed by atoms with Gasteiger partial charge in [0.05, 0.1) is 13.2 Å². The number of esters is 1. The lowest BCUT2D eigenvalue weighted by Crippen LogP contribution is -2.60. The fourth-order valence-electron chi connectivity index (χ4n) is 7.14. The molecule has 1 aromatic heterocycles. The smallest absolute Gasteiger partial charge is 0.330 e. The van der Waals surface area contributed by atoms with Crippen LogP contribution < -0.4 is 19.6 Å². The fourth-order valence-corrected chi connectivity index (χ4v) is 7.14. The number of hydrogen-bond donors (Lipinski definition) is 13. The molecule has 4 aromatic rings. The highest BCUT2D eigenvalue weighted by Gasteiger charge is 2.48. The van der Waals surface area contributed by atoms with E-state index in [1.165, 1.54) is 54.6 Å². The normalized spacial score (nSPS) is 32.9. The number of fused-ring (bicyclic) bond motifs is 1. The highest BCUT2D eigenvalue weighted by molar-refractivity contribution is 5.88. The molecule has 15 atom stereocenters. The van der Waals surface area contributed by atoms with Crippen LogP contribution in [-0.4, -0.2) is 184 Å². The maximum absolute atomic E-state index is 14.4. The number of benzene rings is 3. The van der Waals surface area contributed by atoms with Gasteiger partial charge in [-0.2, -0.15) is 0 Å². The third-order valence-electron chi connectivity index (χ3n) is 10.8. The van der Waals surface area contributed by atoms with Crippen LogP contribution in [0, 0.1) is 0 Å². The summed E-state index contributed by atoms with van der Waals surface area (Å²) < 4.78 is 45.0. The first kappa shape index (κ1) is 47.5. The average molecular weight is 919 g/mol. The van der Waals surface area contributed by atoms with Gasteiger partial charge in [0.25, 0.3) is 0 Å². The van der Waals surface area contributed by atoms with E-state index < -0.39 is 152 Å². The Balaban J connectivity index is 1.20. The average Bonchev–Trinajstić information content (AvgIpc) is 3.29. The van der Waals surface area contributed by atoms with Crippen LogP contribution in [0.1, 0.15) is 5.56 Å². The molecule has 0 spiro atoms. The Morgan fingerprint density at radius 3 is 1.66 bits per heavy atom. The van der Waals surface area contributed by atoms with Crippen LogP contribution in [0.3, 0.4) is 0 Å². The molecule has 13 N–H and O–H groups in total. The third-order valence-corrected chi connectivity index (χ3v) is 10.8. The Kier molecular flexibility index (Phi) is 14.6. The SMILES string of the molecule is O=C(/C=C/c1ccc(O)cc1)OCC1O[C@@H](Oc2c(-c3ccc(O[C@@H]4OC(CO)[C@@H](O)C(O)C4O)cc3)oc3cc(O[C@@H]4OC(CO)[C@@H](O)C(O)[C@@H]4O)cc(O)c3c2=O)C(O)C(O)[C@@H]1O. The first-order valence-corrected chi connectivity index (χ1v) is 19.9. The quantitative estimate of drug-likeness (QED) is 0.0461. The number of carbonyl (C=O) groups excluding carboxylic acids is 1. The molecule has 0 aliphatic carbocycles. The van der Waals surface area contributed by atoms with E-state index in [0.717, 1.165) is 18.2 Å².